The fourth-order valence-corrected chi connectivity index (χ4v) is 4.24. The molecule has 1 fully saturated rings. The summed E-state index contributed by atoms with van der Waals surface area (Å²) in [7, 11) is 0. The van der Waals surface area contributed by atoms with Crippen LogP contribution in [0.2, 0.25) is 0 Å². The summed E-state index contributed by atoms with van der Waals surface area (Å²) in [5, 5.41) is 0. The number of hydrogen-bond acceptors (Lipinski definition) is 0. The summed E-state index contributed by atoms with van der Waals surface area (Å²) in [5.74, 6) is 1.45. The van der Waals surface area contributed by atoms with Crippen LogP contribution in [0.3, 0.4) is 0 Å². The first-order valence-corrected chi connectivity index (χ1v) is 6.33. The zero-order chi connectivity index (χ0) is 8.32. The normalized spacial score (nSPS) is 30.3. The molecule has 1 unspecified atom stereocenters. The fourth-order valence-electron chi connectivity index (χ4n) is 1.60. The molecule has 0 spiro atoms. The van der Waals surface area contributed by atoms with Crippen molar-refractivity contribution in [3.63, 3.8) is 0 Å². The SMILES string of the molecule is ClCC1(CCl)CCCCC1I. The van der Waals surface area contributed by atoms with Gasteiger partial charge in [-0.2, -0.15) is 0 Å². The van der Waals surface area contributed by atoms with E-state index in [1.807, 2.05) is 0 Å². The minimum atomic E-state index is 0.238. The second kappa shape index (κ2) is 4.52. The minimum absolute atomic E-state index is 0.238. The fraction of sp³-hybridized carbons (Fsp3) is 1.00. The predicted octanol–water partition coefficient (Wildman–Crippen LogP) is 3.83. The van der Waals surface area contributed by atoms with Gasteiger partial charge in [0.05, 0.1) is 0 Å². The van der Waals surface area contributed by atoms with Crippen LogP contribution in [0.4, 0.5) is 0 Å². The van der Waals surface area contributed by atoms with E-state index >= 15 is 0 Å². The van der Waals surface area contributed by atoms with E-state index in [1.54, 1.807) is 0 Å². The average Bonchev–Trinajstić information content (AvgIpc) is 2.06. The molecule has 1 saturated carbocycles. The third kappa shape index (κ3) is 2.16. The van der Waals surface area contributed by atoms with Crippen molar-refractivity contribution in [2.45, 2.75) is 29.6 Å². The molecule has 1 aliphatic rings. The zero-order valence-electron chi connectivity index (χ0n) is 6.45. The molecule has 1 aliphatic carbocycles. The highest BCUT2D eigenvalue weighted by Crippen LogP contribution is 2.42. The maximum Gasteiger partial charge on any atom is 0.0301 e. The smallest absolute Gasteiger partial charge is 0.0301 e. The molecule has 0 amide bonds. The molecular weight excluding hydrogens is 294 g/mol. The second-order valence-electron chi connectivity index (χ2n) is 3.34. The van der Waals surface area contributed by atoms with Crippen LogP contribution in [0.25, 0.3) is 0 Å². The average molecular weight is 307 g/mol. The molecule has 0 N–H and O–H groups in total. The highest BCUT2D eigenvalue weighted by atomic mass is 127. The van der Waals surface area contributed by atoms with Gasteiger partial charge in [0.2, 0.25) is 0 Å². The van der Waals surface area contributed by atoms with Gasteiger partial charge in [-0.15, -0.1) is 23.2 Å². The molecule has 1 rings (SSSR count). The van der Waals surface area contributed by atoms with E-state index in [4.69, 9.17) is 23.2 Å². The van der Waals surface area contributed by atoms with Crippen LogP contribution in [-0.4, -0.2) is 15.7 Å². The Bertz CT molecular complexity index is 123. The van der Waals surface area contributed by atoms with Crippen molar-refractivity contribution in [2.75, 3.05) is 11.8 Å². The van der Waals surface area contributed by atoms with Gasteiger partial charge < -0.3 is 0 Å². The zero-order valence-corrected chi connectivity index (χ0v) is 10.1. The maximum absolute atomic E-state index is 5.94. The van der Waals surface area contributed by atoms with E-state index in [2.05, 4.69) is 22.6 Å². The molecule has 0 aromatic heterocycles. The Hall–Kier alpha value is 1.31. The highest BCUT2D eigenvalue weighted by Gasteiger charge is 2.37. The Morgan fingerprint density at radius 2 is 1.91 bits per heavy atom. The van der Waals surface area contributed by atoms with Gasteiger partial charge in [-0.25, -0.2) is 0 Å². The minimum Gasteiger partial charge on any atom is -0.126 e. The summed E-state index contributed by atoms with van der Waals surface area (Å²) in [6.45, 7) is 0. The second-order valence-corrected chi connectivity index (χ2v) is 5.38. The van der Waals surface area contributed by atoms with Gasteiger partial charge in [0.15, 0.2) is 0 Å². The third-order valence-electron chi connectivity index (χ3n) is 2.58. The maximum atomic E-state index is 5.94. The van der Waals surface area contributed by atoms with Gasteiger partial charge in [-0.05, 0) is 12.8 Å². The number of halogens is 3. The van der Waals surface area contributed by atoms with Crippen molar-refractivity contribution in [1.29, 1.82) is 0 Å². The van der Waals surface area contributed by atoms with Gasteiger partial charge in [0.1, 0.15) is 0 Å². The third-order valence-corrected chi connectivity index (χ3v) is 5.59. The van der Waals surface area contributed by atoms with Crippen LogP contribution in [0, 0.1) is 5.41 Å². The quantitative estimate of drug-likeness (QED) is 0.537. The molecule has 0 radical (unpaired) electrons. The lowest BCUT2D eigenvalue weighted by molar-refractivity contribution is 0.276. The van der Waals surface area contributed by atoms with E-state index < -0.39 is 0 Å². The molecule has 0 bridgehead atoms. The Morgan fingerprint density at radius 3 is 2.27 bits per heavy atom. The van der Waals surface area contributed by atoms with Crippen LogP contribution in [-0.2, 0) is 0 Å². The van der Waals surface area contributed by atoms with Crippen LogP contribution < -0.4 is 0 Å². The van der Waals surface area contributed by atoms with E-state index in [1.165, 1.54) is 25.7 Å². The first-order chi connectivity index (χ1) is 5.25. The van der Waals surface area contributed by atoms with Crippen molar-refractivity contribution >= 4 is 45.8 Å². The lowest BCUT2D eigenvalue weighted by Gasteiger charge is -2.38. The number of hydrogen-bond donors (Lipinski definition) is 0. The number of alkyl halides is 3. The summed E-state index contributed by atoms with van der Waals surface area (Å²) in [6, 6.07) is 0. The largest absolute Gasteiger partial charge is 0.126 e. The molecule has 0 aromatic rings. The van der Waals surface area contributed by atoms with Gasteiger partial charge in [-0.3, -0.25) is 0 Å². The van der Waals surface area contributed by atoms with E-state index in [0.29, 0.717) is 3.92 Å². The summed E-state index contributed by atoms with van der Waals surface area (Å²) in [6.07, 6.45) is 5.16. The lowest BCUT2D eigenvalue weighted by atomic mass is 9.77. The Labute approximate surface area is 92.2 Å². The van der Waals surface area contributed by atoms with E-state index in [0.717, 1.165) is 11.8 Å². The summed E-state index contributed by atoms with van der Waals surface area (Å²) >= 11 is 14.4. The molecule has 0 heterocycles. The molecule has 1 atom stereocenters. The molecule has 3 heteroatoms. The Kier molecular flexibility index (Phi) is 4.27. The van der Waals surface area contributed by atoms with Crippen molar-refractivity contribution in [3.05, 3.63) is 0 Å². The topological polar surface area (TPSA) is 0 Å². The summed E-state index contributed by atoms with van der Waals surface area (Å²) < 4.78 is 0.684. The molecule has 0 saturated heterocycles. The van der Waals surface area contributed by atoms with Gasteiger partial charge in [-0.1, -0.05) is 35.4 Å². The number of rotatable bonds is 2. The molecular formula is C8H13Cl2I. The molecule has 0 aromatic carbocycles. The molecule has 11 heavy (non-hydrogen) atoms. The van der Waals surface area contributed by atoms with Gasteiger partial charge in [0, 0.05) is 21.1 Å². The van der Waals surface area contributed by atoms with Crippen LogP contribution in [0.15, 0.2) is 0 Å². The van der Waals surface area contributed by atoms with Crippen molar-refractivity contribution in [2.24, 2.45) is 5.41 Å². The first kappa shape index (κ1) is 10.4. The van der Waals surface area contributed by atoms with Crippen LogP contribution >= 0.6 is 45.8 Å². The van der Waals surface area contributed by atoms with Crippen molar-refractivity contribution in [1.82, 2.24) is 0 Å². The standard InChI is InChI=1S/C8H13Cl2I/c9-5-8(6-10)4-2-1-3-7(8)11/h7H,1-6H2. The Morgan fingerprint density at radius 1 is 1.27 bits per heavy atom. The van der Waals surface area contributed by atoms with E-state index in [9.17, 15) is 0 Å². The van der Waals surface area contributed by atoms with Gasteiger partial charge in [0.25, 0.3) is 0 Å². The van der Waals surface area contributed by atoms with Crippen molar-refractivity contribution in [3.8, 4) is 0 Å². The molecule has 66 valence electrons. The predicted molar refractivity (Wildman–Crippen MR) is 60.1 cm³/mol. The summed E-state index contributed by atoms with van der Waals surface area (Å²) in [5.41, 5.74) is 0.238. The monoisotopic (exact) mass is 306 g/mol. The van der Waals surface area contributed by atoms with Crippen molar-refractivity contribution < 1.29 is 0 Å². The molecule has 0 nitrogen and oxygen atoms in total. The van der Waals surface area contributed by atoms with E-state index in [-0.39, 0.29) is 5.41 Å². The molecule has 0 aliphatic heterocycles. The summed E-state index contributed by atoms with van der Waals surface area (Å²) in [4.78, 5) is 0. The Balaban J connectivity index is 2.61. The van der Waals surface area contributed by atoms with Crippen LogP contribution in [0.5, 0.6) is 0 Å². The lowest BCUT2D eigenvalue weighted by Crippen LogP contribution is -2.37. The first-order valence-electron chi connectivity index (χ1n) is 4.01. The van der Waals surface area contributed by atoms with Gasteiger partial charge >= 0.3 is 0 Å². The highest BCUT2D eigenvalue weighted by molar-refractivity contribution is 14.1. The van der Waals surface area contributed by atoms with Crippen LogP contribution in [0.1, 0.15) is 25.7 Å².